The predicted octanol–water partition coefficient (Wildman–Crippen LogP) is 3.22. The molecular weight excluding hydrogens is 190 g/mol. The van der Waals surface area contributed by atoms with Crippen LogP contribution < -0.4 is 0 Å². The third kappa shape index (κ3) is 3.92. The Bertz CT molecular complexity index is 202. The standard InChI is InChI=1S/C11H25NOSi/c1-7-10(12-14(4,5)6)11(13,8-2)9-3/h13H,7-9H2,1-6H3. The third-order valence-electron chi connectivity index (χ3n) is 2.51. The van der Waals surface area contributed by atoms with Gasteiger partial charge in [0.15, 0.2) is 8.24 Å². The van der Waals surface area contributed by atoms with Crippen LogP contribution in [0.15, 0.2) is 4.66 Å². The highest BCUT2D eigenvalue weighted by molar-refractivity contribution is 6.75. The van der Waals surface area contributed by atoms with Crippen molar-refractivity contribution in [1.82, 2.24) is 0 Å². The fourth-order valence-corrected chi connectivity index (χ4v) is 2.75. The minimum atomic E-state index is -1.46. The molecule has 0 aliphatic carbocycles. The fraction of sp³-hybridized carbons (Fsp3) is 0.909. The van der Waals surface area contributed by atoms with Gasteiger partial charge in [-0.2, -0.15) is 0 Å². The van der Waals surface area contributed by atoms with E-state index in [1.807, 2.05) is 13.8 Å². The van der Waals surface area contributed by atoms with Gasteiger partial charge < -0.3 is 9.76 Å². The molecule has 0 saturated carbocycles. The molecule has 0 saturated heterocycles. The average Bonchev–Trinajstić information content (AvgIpc) is 2.11. The van der Waals surface area contributed by atoms with Crippen molar-refractivity contribution in [3.63, 3.8) is 0 Å². The summed E-state index contributed by atoms with van der Waals surface area (Å²) in [6.07, 6.45) is 2.39. The molecule has 3 heteroatoms. The van der Waals surface area contributed by atoms with Gasteiger partial charge in [-0.05, 0) is 38.9 Å². The lowest BCUT2D eigenvalue weighted by Crippen LogP contribution is -2.39. The van der Waals surface area contributed by atoms with Gasteiger partial charge in [0, 0.05) is 5.71 Å². The van der Waals surface area contributed by atoms with Crippen LogP contribution in [0.1, 0.15) is 40.0 Å². The molecule has 0 aromatic rings. The highest BCUT2D eigenvalue weighted by atomic mass is 28.3. The van der Waals surface area contributed by atoms with Crippen LogP contribution in [0, 0.1) is 0 Å². The van der Waals surface area contributed by atoms with E-state index < -0.39 is 13.8 Å². The average molecular weight is 215 g/mol. The van der Waals surface area contributed by atoms with Crippen LogP contribution in [0.5, 0.6) is 0 Å². The molecule has 2 nitrogen and oxygen atoms in total. The molecule has 0 unspecified atom stereocenters. The zero-order valence-electron chi connectivity index (χ0n) is 10.5. The Labute approximate surface area is 89.5 Å². The molecule has 0 rings (SSSR count). The Morgan fingerprint density at radius 3 is 1.79 bits per heavy atom. The number of hydrogen-bond donors (Lipinski definition) is 1. The Morgan fingerprint density at radius 1 is 1.14 bits per heavy atom. The molecule has 1 N–H and O–H groups in total. The van der Waals surface area contributed by atoms with Crippen LogP contribution in [0.25, 0.3) is 0 Å². The van der Waals surface area contributed by atoms with Crippen LogP contribution in [0.4, 0.5) is 0 Å². The summed E-state index contributed by atoms with van der Waals surface area (Å²) in [5.41, 5.74) is 0.344. The Hall–Kier alpha value is -0.153. The molecule has 0 aliphatic heterocycles. The van der Waals surface area contributed by atoms with Gasteiger partial charge in [0.1, 0.15) is 5.60 Å². The molecule has 14 heavy (non-hydrogen) atoms. The lowest BCUT2D eigenvalue weighted by molar-refractivity contribution is 0.102. The molecule has 0 heterocycles. The first kappa shape index (κ1) is 13.8. The second-order valence-electron chi connectivity index (χ2n) is 4.82. The van der Waals surface area contributed by atoms with Crippen molar-refractivity contribution < 1.29 is 5.11 Å². The largest absolute Gasteiger partial charge is 0.384 e. The molecule has 0 bridgehead atoms. The summed E-state index contributed by atoms with van der Waals surface area (Å²) < 4.78 is 4.75. The SMILES string of the molecule is CCC(=N[Si](C)(C)C)C(O)(CC)CC. The summed E-state index contributed by atoms with van der Waals surface area (Å²) in [6, 6.07) is 0. The van der Waals surface area contributed by atoms with Gasteiger partial charge >= 0.3 is 0 Å². The number of rotatable bonds is 5. The van der Waals surface area contributed by atoms with Gasteiger partial charge in [0.05, 0.1) is 0 Å². The van der Waals surface area contributed by atoms with E-state index in [-0.39, 0.29) is 0 Å². The summed E-state index contributed by atoms with van der Waals surface area (Å²) in [4.78, 5) is 0. The Balaban J connectivity index is 4.97. The van der Waals surface area contributed by atoms with Gasteiger partial charge in [0.2, 0.25) is 0 Å². The predicted molar refractivity (Wildman–Crippen MR) is 66.6 cm³/mol. The summed E-state index contributed by atoms with van der Waals surface area (Å²) in [5.74, 6) is 0. The van der Waals surface area contributed by atoms with Crippen molar-refractivity contribution in [3.8, 4) is 0 Å². The van der Waals surface area contributed by atoms with Crippen molar-refractivity contribution in [2.45, 2.75) is 65.3 Å². The maximum atomic E-state index is 10.3. The molecule has 0 amide bonds. The normalized spacial score (nSPS) is 14.6. The van der Waals surface area contributed by atoms with E-state index in [4.69, 9.17) is 4.66 Å². The zero-order valence-corrected chi connectivity index (χ0v) is 11.5. The number of aliphatic hydroxyl groups is 1. The highest BCUT2D eigenvalue weighted by Gasteiger charge is 2.29. The fourth-order valence-electron chi connectivity index (χ4n) is 1.58. The van der Waals surface area contributed by atoms with E-state index >= 15 is 0 Å². The van der Waals surface area contributed by atoms with Crippen LogP contribution in [0.2, 0.25) is 19.6 Å². The quantitative estimate of drug-likeness (QED) is 0.554. The smallest absolute Gasteiger partial charge is 0.172 e. The van der Waals surface area contributed by atoms with Gasteiger partial charge in [-0.25, -0.2) is 0 Å². The molecule has 0 fully saturated rings. The van der Waals surface area contributed by atoms with E-state index in [0.29, 0.717) is 0 Å². The number of hydrogen-bond acceptors (Lipinski definition) is 2. The van der Waals surface area contributed by atoms with Crippen molar-refractivity contribution in [1.29, 1.82) is 0 Å². The van der Waals surface area contributed by atoms with Gasteiger partial charge in [-0.1, -0.05) is 20.8 Å². The first-order chi connectivity index (χ1) is 6.29. The summed E-state index contributed by atoms with van der Waals surface area (Å²) >= 11 is 0. The minimum absolute atomic E-state index is 0.658. The van der Waals surface area contributed by atoms with Gasteiger partial charge in [-0.15, -0.1) is 0 Å². The molecule has 0 aromatic carbocycles. The second kappa shape index (κ2) is 5.08. The lowest BCUT2D eigenvalue weighted by Gasteiger charge is -2.29. The monoisotopic (exact) mass is 215 g/mol. The molecule has 0 spiro atoms. The van der Waals surface area contributed by atoms with Crippen molar-refractivity contribution in [2.24, 2.45) is 4.66 Å². The zero-order chi connectivity index (χ0) is 11.4. The Morgan fingerprint density at radius 2 is 1.57 bits per heavy atom. The van der Waals surface area contributed by atoms with Gasteiger partial charge in [-0.3, -0.25) is 0 Å². The van der Waals surface area contributed by atoms with E-state index in [2.05, 4.69) is 26.6 Å². The molecule has 84 valence electrons. The van der Waals surface area contributed by atoms with Crippen molar-refractivity contribution in [3.05, 3.63) is 0 Å². The van der Waals surface area contributed by atoms with Crippen LogP contribution in [-0.2, 0) is 0 Å². The highest BCUT2D eigenvalue weighted by Crippen LogP contribution is 2.21. The summed E-state index contributed by atoms with van der Waals surface area (Å²) in [5, 5.41) is 10.3. The van der Waals surface area contributed by atoms with Crippen LogP contribution in [0.3, 0.4) is 0 Å². The van der Waals surface area contributed by atoms with E-state index in [1.165, 1.54) is 0 Å². The molecule has 0 radical (unpaired) electrons. The topological polar surface area (TPSA) is 32.6 Å². The third-order valence-corrected chi connectivity index (χ3v) is 3.45. The molecule has 0 atom stereocenters. The van der Waals surface area contributed by atoms with Gasteiger partial charge in [0.25, 0.3) is 0 Å². The van der Waals surface area contributed by atoms with Crippen molar-refractivity contribution in [2.75, 3.05) is 0 Å². The first-order valence-corrected chi connectivity index (χ1v) is 9.05. The minimum Gasteiger partial charge on any atom is -0.384 e. The summed E-state index contributed by atoms with van der Waals surface area (Å²) in [7, 11) is -1.46. The van der Waals surface area contributed by atoms with Crippen molar-refractivity contribution >= 4 is 13.9 Å². The Kier molecular flexibility index (Phi) is 5.02. The molecule has 0 aliphatic rings. The van der Waals surface area contributed by atoms with E-state index in [9.17, 15) is 5.11 Å². The maximum absolute atomic E-state index is 10.3. The number of nitrogens with zero attached hydrogens (tertiary/aromatic N) is 1. The lowest BCUT2D eigenvalue weighted by atomic mass is 9.90. The second-order valence-corrected chi connectivity index (χ2v) is 9.39. The molecular formula is C11H25NOSi. The molecule has 0 aromatic heterocycles. The van der Waals surface area contributed by atoms with Crippen LogP contribution in [-0.4, -0.2) is 24.7 Å². The van der Waals surface area contributed by atoms with E-state index in [1.54, 1.807) is 0 Å². The first-order valence-electron chi connectivity index (χ1n) is 5.60. The van der Waals surface area contributed by atoms with E-state index in [0.717, 1.165) is 25.0 Å². The van der Waals surface area contributed by atoms with Crippen LogP contribution >= 0.6 is 0 Å². The maximum Gasteiger partial charge on any atom is 0.172 e. The summed E-state index contributed by atoms with van der Waals surface area (Å²) in [6.45, 7) is 12.7.